The van der Waals surface area contributed by atoms with E-state index in [2.05, 4.69) is 5.32 Å². The van der Waals surface area contributed by atoms with Crippen LogP contribution in [0.25, 0.3) is 0 Å². The van der Waals surface area contributed by atoms with Crippen molar-refractivity contribution < 1.29 is 38.9 Å². The fraction of sp³-hybridized carbons (Fsp3) is 0.367. The number of halogens is 1. The minimum atomic E-state index is -3.10. The van der Waals surface area contributed by atoms with Crippen LogP contribution < -0.4 is 21.5 Å². The maximum Gasteiger partial charge on any atom is 0.320 e. The molecule has 0 heterocycles. The van der Waals surface area contributed by atoms with Gasteiger partial charge in [-0.1, -0.05) is 43.6 Å². The summed E-state index contributed by atoms with van der Waals surface area (Å²) in [4.78, 5) is 50.3. The lowest BCUT2D eigenvalue weighted by molar-refractivity contribution is -0.392. The number of anilines is 2. The lowest BCUT2D eigenvalue weighted by Gasteiger charge is -2.17. The number of hydrogen-bond acceptors (Lipinski definition) is 12. The molecule has 0 bridgehead atoms. The molecule has 17 nitrogen and oxygen atoms in total. The molecule has 2 unspecified atom stereocenters. The topological polar surface area (TPSA) is 277 Å². The van der Waals surface area contributed by atoms with E-state index >= 15 is 0 Å². The van der Waals surface area contributed by atoms with Crippen LogP contribution in [-0.4, -0.2) is 55.6 Å². The Bertz CT molecular complexity index is 1680. The van der Waals surface area contributed by atoms with Crippen LogP contribution in [0.15, 0.2) is 48.5 Å². The van der Waals surface area contributed by atoms with Crippen molar-refractivity contribution in [3.8, 4) is 11.5 Å². The van der Waals surface area contributed by atoms with Crippen LogP contribution in [0.3, 0.4) is 0 Å². The zero-order chi connectivity index (χ0) is 37.6. The summed E-state index contributed by atoms with van der Waals surface area (Å²) in [5.74, 6) is -0.280. The third-order valence-electron chi connectivity index (χ3n) is 6.97. The Morgan fingerprint density at radius 2 is 1.55 bits per heavy atom. The highest BCUT2D eigenvalue weighted by molar-refractivity contribution is 7.57. The Morgan fingerprint density at radius 1 is 1.00 bits per heavy atom. The predicted octanol–water partition coefficient (Wildman–Crippen LogP) is 7.03. The van der Waals surface area contributed by atoms with E-state index in [4.69, 9.17) is 37.8 Å². The molecule has 268 valence electrons. The van der Waals surface area contributed by atoms with Crippen molar-refractivity contribution in [1.82, 2.24) is 0 Å². The average Bonchev–Trinajstić information content (AvgIpc) is 3.02. The average molecular weight is 727 g/mol. The molecule has 0 radical (unpaired) electrons. The van der Waals surface area contributed by atoms with E-state index < -0.39 is 34.1 Å². The molecule has 0 amide bonds. The van der Waals surface area contributed by atoms with E-state index in [1.165, 1.54) is 24.9 Å². The van der Waals surface area contributed by atoms with Crippen molar-refractivity contribution in [3.63, 3.8) is 0 Å². The second-order valence-corrected chi connectivity index (χ2v) is 13.7. The number of nitrogens with zero attached hydrogens (tertiary/aromatic N) is 3. The maximum atomic E-state index is 11.3. The normalized spacial score (nSPS) is 12.3. The maximum absolute atomic E-state index is 11.3. The van der Waals surface area contributed by atoms with Crippen molar-refractivity contribution >= 4 is 53.4 Å². The van der Waals surface area contributed by atoms with E-state index in [1.807, 2.05) is 19.9 Å². The Labute approximate surface area is 287 Å². The SMILES string of the molecule is CCC(CC)Nc1c([N+](=O)[O-])cc(C)c(C)c1[N+](=O)[O-].CP(=O)(O)CCC(N)C(=O)O.Nc1c([N+](=O)[O-])ccc(Oc2ccccc2)c1Cl. The van der Waals surface area contributed by atoms with E-state index in [1.54, 1.807) is 38.1 Å². The van der Waals surface area contributed by atoms with Crippen LogP contribution in [0.4, 0.5) is 28.4 Å². The molecule has 0 saturated carbocycles. The number of nitrogens with two attached hydrogens (primary N) is 2. The summed E-state index contributed by atoms with van der Waals surface area (Å²) in [5.41, 5.74) is 10.9. The molecule has 19 heteroatoms. The van der Waals surface area contributed by atoms with Gasteiger partial charge in [0.05, 0.1) is 14.8 Å². The van der Waals surface area contributed by atoms with Crippen molar-refractivity contribution in [2.45, 2.75) is 59.0 Å². The Kier molecular flexibility index (Phi) is 16.6. The van der Waals surface area contributed by atoms with Gasteiger partial charge in [0.15, 0.2) is 13.1 Å². The van der Waals surface area contributed by atoms with Crippen molar-refractivity contribution in [2.24, 2.45) is 5.73 Å². The van der Waals surface area contributed by atoms with Gasteiger partial charge in [0.2, 0.25) is 0 Å². The number of aryl methyl sites for hydroxylation is 1. The first-order chi connectivity index (χ1) is 22.7. The standard InChI is InChI=1S/C13H19N3O4.C12H9ClN2O3.C5H12NO4P/c1-5-10(6-2)14-12-11(15(17)18)7-8(3)9(4)13(12)16(19)20;13-11-10(18-8-4-2-1-3-5-8)7-6-9(12(11)14)15(16)17;1-11(9,10)3-2-4(6)5(7)8/h7,10,14H,5-6H2,1-4H3;1-7H,14H2;4H,2-3,6H2,1H3,(H,7,8)(H,9,10). The van der Waals surface area contributed by atoms with Gasteiger partial charge in [-0.05, 0) is 56.9 Å². The monoisotopic (exact) mass is 726 g/mol. The number of nitrogen functional groups attached to an aromatic ring is 1. The fourth-order valence-electron chi connectivity index (χ4n) is 4.01. The number of para-hydroxylation sites is 1. The minimum Gasteiger partial charge on any atom is -0.480 e. The molecule has 0 fully saturated rings. The number of nitrogens with one attached hydrogen (secondary N) is 1. The van der Waals surface area contributed by atoms with Crippen LogP contribution >= 0.6 is 19.0 Å². The van der Waals surface area contributed by atoms with Crippen LogP contribution in [0.1, 0.15) is 44.2 Å². The number of nitro groups is 3. The van der Waals surface area contributed by atoms with Crippen molar-refractivity contribution in [2.75, 3.05) is 23.9 Å². The van der Waals surface area contributed by atoms with E-state index in [0.717, 1.165) is 12.8 Å². The number of nitro benzene ring substituents is 3. The largest absolute Gasteiger partial charge is 0.480 e. The highest BCUT2D eigenvalue weighted by Gasteiger charge is 2.30. The fourth-order valence-corrected chi connectivity index (χ4v) is 4.97. The highest BCUT2D eigenvalue weighted by Crippen LogP contribution is 2.40. The third-order valence-corrected chi connectivity index (χ3v) is 8.45. The minimum absolute atomic E-state index is 0.0109. The van der Waals surface area contributed by atoms with Gasteiger partial charge in [-0.2, -0.15) is 0 Å². The second-order valence-electron chi connectivity index (χ2n) is 10.7. The van der Waals surface area contributed by atoms with Gasteiger partial charge in [-0.3, -0.25) is 39.7 Å². The van der Waals surface area contributed by atoms with Crippen LogP contribution in [0.2, 0.25) is 5.02 Å². The zero-order valence-electron chi connectivity index (χ0n) is 27.5. The smallest absolute Gasteiger partial charge is 0.320 e. The van der Waals surface area contributed by atoms with Crippen molar-refractivity contribution in [1.29, 1.82) is 0 Å². The molecule has 0 aliphatic rings. The summed E-state index contributed by atoms with van der Waals surface area (Å²) in [6, 6.07) is 11.9. The Hall–Kier alpha value is -4.83. The molecule has 2 atom stereocenters. The van der Waals surface area contributed by atoms with Gasteiger partial charge in [0, 0.05) is 36.6 Å². The first-order valence-electron chi connectivity index (χ1n) is 14.7. The van der Waals surface area contributed by atoms with Gasteiger partial charge in [-0.15, -0.1) is 0 Å². The number of hydrogen-bond donors (Lipinski definition) is 5. The summed E-state index contributed by atoms with van der Waals surface area (Å²) in [5, 5.41) is 44.4. The summed E-state index contributed by atoms with van der Waals surface area (Å²) in [6.45, 7) is 8.28. The molecule has 0 saturated heterocycles. The van der Waals surface area contributed by atoms with Crippen LogP contribution in [-0.2, 0) is 9.36 Å². The first kappa shape index (κ1) is 42.2. The third kappa shape index (κ3) is 13.3. The molecule has 3 aromatic rings. The van der Waals surface area contributed by atoms with E-state index in [0.29, 0.717) is 16.9 Å². The van der Waals surface area contributed by atoms with Gasteiger partial charge in [-0.25, -0.2) is 0 Å². The molecule has 0 aromatic heterocycles. The van der Waals surface area contributed by atoms with Gasteiger partial charge in [0.25, 0.3) is 11.4 Å². The molecule has 7 N–H and O–H groups in total. The molecule has 49 heavy (non-hydrogen) atoms. The van der Waals surface area contributed by atoms with E-state index in [-0.39, 0.29) is 57.8 Å². The lowest BCUT2D eigenvalue weighted by atomic mass is 10.0. The molecule has 0 aliphatic carbocycles. The molecule has 0 spiro atoms. The molecular formula is C30H40ClN6O11P. The number of rotatable bonds is 13. The molecule has 3 rings (SSSR count). The number of carbonyl (C=O) groups is 1. The number of carboxylic acid groups (broad SMARTS) is 1. The number of carboxylic acids is 1. The molecule has 0 aliphatic heterocycles. The molecule has 3 aromatic carbocycles. The second kappa shape index (κ2) is 19.2. The number of benzene rings is 3. The summed E-state index contributed by atoms with van der Waals surface area (Å²) in [6.07, 6.45) is 1.47. The molecular weight excluding hydrogens is 687 g/mol. The van der Waals surface area contributed by atoms with Gasteiger partial charge < -0.3 is 31.5 Å². The number of ether oxygens (including phenoxy) is 1. The zero-order valence-corrected chi connectivity index (χ0v) is 29.1. The van der Waals surface area contributed by atoms with Gasteiger partial charge in [0.1, 0.15) is 28.3 Å². The quantitative estimate of drug-likeness (QED) is 0.0511. The van der Waals surface area contributed by atoms with E-state index in [9.17, 15) is 39.7 Å². The number of aliphatic carboxylic acids is 1. The summed E-state index contributed by atoms with van der Waals surface area (Å²) in [7, 11) is -3.10. The Balaban J connectivity index is 0.000000384. The predicted molar refractivity (Wildman–Crippen MR) is 187 cm³/mol. The van der Waals surface area contributed by atoms with Crippen LogP contribution in [0, 0.1) is 44.2 Å². The van der Waals surface area contributed by atoms with Crippen molar-refractivity contribution in [3.05, 3.63) is 95.0 Å². The lowest BCUT2D eigenvalue weighted by Crippen LogP contribution is -2.30. The van der Waals surface area contributed by atoms with Crippen LogP contribution in [0.5, 0.6) is 11.5 Å². The van der Waals surface area contributed by atoms with Gasteiger partial charge >= 0.3 is 11.7 Å². The Morgan fingerprint density at radius 3 is 2.00 bits per heavy atom. The summed E-state index contributed by atoms with van der Waals surface area (Å²) < 4.78 is 16.1. The first-order valence-corrected chi connectivity index (χ1v) is 17.3. The summed E-state index contributed by atoms with van der Waals surface area (Å²) >= 11 is 5.94. The highest BCUT2D eigenvalue weighted by atomic mass is 35.5.